The quantitative estimate of drug-likeness (QED) is 0.754. The molecule has 1 fully saturated rings. The molecule has 2 aromatic heterocycles. The number of hydrogen-bond donors (Lipinski definition) is 2. The molecule has 0 radical (unpaired) electrons. The second-order valence-electron chi connectivity index (χ2n) is 6.36. The van der Waals surface area contributed by atoms with Gasteiger partial charge < -0.3 is 15.0 Å². The fourth-order valence-corrected chi connectivity index (χ4v) is 3.64. The SMILES string of the molecule is Oc1cc(F)cc2[nH]cc(C3CCN(CCCn4nccn4)C3)c12. The highest BCUT2D eigenvalue weighted by molar-refractivity contribution is 5.89. The maximum atomic E-state index is 13.4. The molecule has 4 rings (SSSR count). The zero-order chi connectivity index (χ0) is 16.5. The number of aromatic nitrogens is 4. The minimum absolute atomic E-state index is 0.0180. The lowest BCUT2D eigenvalue weighted by Crippen LogP contribution is -2.23. The van der Waals surface area contributed by atoms with Crippen LogP contribution >= 0.6 is 0 Å². The van der Waals surface area contributed by atoms with Crippen molar-refractivity contribution in [3.05, 3.63) is 42.1 Å². The van der Waals surface area contributed by atoms with Gasteiger partial charge in [-0.2, -0.15) is 15.0 Å². The molecular formula is C17H20FN5O. The molecule has 1 aliphatic rings. The van der Waals surface area contributed by atoms with Crippen molar-refractivity contribution < 1.29 is 9.50 Å². The zero-order valence-electron chi connectivity index (χ0n) is 13.3. The predicted molar refractivity (Wildman–Crippen MR) is 88.4 cm³/mol. The van der Waals surface area contributed by atoms with Crippen LogP contribution < -0.4 is 0 Å². The van der Waals surface area contributed by atoms with Gasteiger partial charge in [0.25, 0.3) is 0 Å². The first-order chi connectivity index (χ1) is 11.7. The Kier molecular flexibility index (Phi) is 3.93. The molecule has 24 heavy (non-hydrogen) atoms. The highest BCUT2D eigenvalue weighted by Crippen LogP contribution is 2.37. The van der Waals surface area contributed by atoms with Gasteiger partial charge in [-0.05, 0) is 37.6 Å². The lowest BCUT2D eigenvalue weighted by atomic mass is 9.97. The van der Waals surface area contributed by atoms with E-state index < -0.39 is 5.82 Å². The zero-order valence-corrected chi connectivity index (χ0v) is 13.3. The molecular weight excluding hydrogens is 309 g/mol. The summed E-state index contributed by atoms with van der Waals surface area (Å²) < 4.78 is 13.4. The van der Waals surface area contributed by atoms with Crippen molar-refractivity contribution in [1.82, 2.24) is 24.9 Å². The van der Waals surface area contributed by atoms with Crippen molar-refractivity contribution in [2.24, 2.45) is 0 Å². The van der Waals surface area contributed by atoms with Crippen molar-refractivity contribution in [3.8, 4) is 5.75 Å². The Morgan fingerprint density at radius 3 is 2.92 bits per heavy atom. The number of hydrogen-bond acceptors (Lipinski definition) is 4. The van der Waals surface area contributed by atoms with Crippen LogP contribution in [-0.4, -0.2) is 49.6 Å². The lowest BCUT2D eigenvalue weighted by molar-refractivity contribution is 0.314. The average Bonchev–Trinajstić information content (AvgIpc) is 3.26. The number of H-pyrrole nitrogens is 1. The van der Waals surface area contributed by atoms with Crippen LogP contribution in [0.5, 0.6) is 5.75 Å². The summed E-state index contributed by atoms with van der Waals surface area (Å²) in [7, 11) is 0. The first-order valence-corrected chi connectivity index (χ1v) is 8.26. The van der Waals surface area contributed by atoms with E-state index in [1.165, 1.54) is 12.1 Å². The van der Waals surface area contributed by atoms with Crippen LogP contribution in [0.4, 0.5) is 4.39 Å². The summed E-state index contributed by atoms with van der Waals surface area (Å²) in [5.41, 5.74) is 1.74. The summed E-state index contributed by atoms with van der Waals surface area (Å²) in [5.74, 6) is -0.0453. The monoisotopic (exact) mass is 329 g/mol. The first kappa shape index (κ1) is 15.1. The molecule has 1 unspecified atom stereocenters. The number of phenolic OH excluding ortho intramolecular Hbond substituents is 1. The maximum Gasteiger partial charge on any atom is 0.129 e. The lowest BCUT2D eigenvalue weighted by Gasteiger charge is -2.15. The molecule has 0 spiro atoms. The van der Waals surface area contributed by atoms with Crippen LogP contribution in [-0.2, 0) is 6.54 Å². The highest BCUT2D eigenvalue weighted by Gasteiger charge is 2.26. The van der Waals surface area contributed by atoms with Crippen LogP contribution in [0.2, 0.25) is 0 Å². The molecule has 0 aliphatic carbocycles. The number of phenols is 1. The van der Waals surface area contributed by atoms with Gasteiger partial charge in [-0.15, -0.1) is 0 Å². The maximum absolute atomic E-state index is 13.4. The van der Waals surface area contributed by atoms with E-state index >= 15 is 0 Å². The smallest absolute Gasteiger partial charge is 0.129 e. The van der Waals surface area contributed by atoms with Crippen LogP contribution in [0.25, 0.3) is 10.9 Å². The molecule has 3 aromatic rings. The Labute approximate surface area is 138 Å². The molecule has 2 N–H and O–H groups in total. The topological polar surface area (TPSA) is 70.0 Å². The molecule has 1 aromatic carbocycles. The number of benzene rings is 1. The summed E-state index contributed by atoms with van der Waals surface area (Å²) in [5, 5.41) is 19.1. The molecule has 1 atom stereocenters. The van der Waals surface area contributed by atoms with E-state index in [4.69, 9.17) is 0 Å². The number of fused-ring (bicyclic) bond motifs is 1. The van der Waals surface area contributed by atoms with Crippen molar-refractivity contribution in [3.63, 3.8) is 0 Å². The van der Waals surface area contributed by atoms with E-state index in [1.807, 2.05) is 6.20 Å². The normalized spacial score (nSPS) is 18.6. The van der Waals surface area contributed by atoms with Crippen LogP contribution in [0, 0.1) is 5.82 Å². The van der Waals surface area contributed by atoms with Gasteiger partial charge in [0.15, 0.2) is 0 Å². The minimum atomic E-state index is -0.423. The van der Waals surface area contributed by atoms with Crippen molar-refractivity contribution >= 4 is 10.9 Å². The number of nitrogens with zero attached hydrogens (tertiary/aromatic N) is 4. The van der Waals surface area contributed by atoms with Gasteiger partial charge in [-0.1, -0.05) is 0 Å². The van der Waals surface area contributed by atoms with E-state index in [0.717, 1.165) is 50.0 Å². The third-order valence-electron chi connectivity index (χ3n) is 4.77. The molecule has 7 heteroatoms. The minimum Gasteiger partial charge on any atom is -0.507 e. The number of aromatic amines is 1. The summed E-state index contributed by atoms with van der Waals surface area (Å²) in [6.07, 6.45) is 7.34. The summed E-state index contributed by atoms with van der Waals surface area (Å²) in [6, 6.07) is 2.62. The average molecular weight is 329 g/mol. The molecule has 0 amide bonds. The third-order valence-corrected chi connectivity index (χ3v) is 4.77. The standard InChI is InChI=1S/C17H20FN5O/c18-13-8-15-17(16(24)9-13)14(10-19-15)12-2-7-22(11-12)5-1-6-23-20-3-4-21-23/h3-4,8-10,12,19,24H,1-2,5-7,11H2. The molecule has 0 saturated carbocycles. The predicted octanol–water partition coefficient (Wildman–Crippen LogP) is 2.48. The van der Waals surface area contributed by atoms with E-state index in [2.05, 4.69) is 20.1 Å². The van der Waals surface area contributed by atoms with Gasteiger partial charge in [0.1, 0.15) is 11.6 Å². The molecule has 1 saturated heterocycles. The van der Waals surface area contributed by atoms with Gasteiger partial charge in [0, 0.05) is 30.1 Å². The first-order valence-electron chi connectivity index (χ1n) is 8.26. The largest absolute Gasteiger partial charge is 0.507 e. The fraction of sp³-hybridized carbons (Fsp3) is 0.412. The van der Waals surface area contributed by atoms with Gasteiger partial charge in [0.05, 0.1) is 24.5 Å². The van der Waals surface area contributed by atoms with Crippen LogP contribution in [0.1, 0.15) is 24.3 Å². The number of nitrogens with one attached hydrogen (secondary N) is 1. The van der Waals surface area contributed by atoms with Crippen molar-refractivity contribution in [2.75, 3.05) is 19.6 Å². The van der Waals surface area contributed by atoms with E-state index in [1.54, 1.807) is 17.2 Å². The molecule has 3 heterocycles. The van der Waals surface area contributed by atoms with E-state index in [-0.39, 0.29) is 5.75 Å². The Balaban J connectivity index is 1.41. The molecule has 1 aliphatic heterocycles. The summed E-state index contributed by atoms with van der Waals surface area (Å²) in [6.45, 7) is 3.81. The molecule has 126 valence electrons. The van der Waals surface area contributed by atoms with Crippen molar-refractivity contribution in [2.45, 2.75) is 25.3 Å². The van der Waals surface area contributed by atoms with E-state index in [9.17, 15) is 9.50 Å². The second-order valence-corrected chi connectivity index (χ2v) is 6.36. The highest BCUT2D eigenvalue weighted by atomic mass is 19.1. The fourth-order valence-electron chi connectivity index (χ4n) is 3.64. The number of likely N-dealkylation sites (tertiary alicyclic amines) is 1. The van der Waals surface area contributed by atoms with E-state index in [0.29, 0.717) is 11.4 Å². The van der Waals surface area contributed by atoms with Crippen molar-refractivity contribution in [1.29, 1.82) is 0 Å². The Morgan fingerprint density at radius 2 is 2.08 bits per heavy atom. The number of aromatic hydroxyl groups is 1. The van der Waals surface area contributed by atoms with Gasteiger partial charge >= 0.3 is 0 Å². The third kappa shape index (κ3) is 2.87. The number of rotatable bonds is 5. The Hall–Kier alpha value is -2.41. The van der Waals surface area contributed by atoms with Gasteiger partial charge in [-0.25, -0.2) is 4.39 Å². The van der Waals surface area contributed by atoms with Gasteiger partial charge in [-0.3, -0.25) is 0 Å². The summed E-state index contributed by atoms with van der Waals surface area (Å²) in [4.78, 5) is 7.22. The Bertz CT molecular complexity index is 829. The van der Waals surface area contributed by atoms with Gasteiger partial charge in [0.2, 0.25) is 0 Å². The Morgan fingerprint density at radius 1 is 1.25 bits per heavy atom. The number of halogens is 1. The second kappa shape index (κ2) is 6.24. The number of aryl methyl sites for hydroxylation is 1. The van der Waals surface area contributed by atoms with Crippen LogP contribution in [0.15, 0.2) is 30.7 Å². The van der Waals surface area contributed by atoms with Crippen LogP contribution in [0.3, 0.4) is 0 Å². The summed E-state index contributed by atoms with van der Waals surface area (Å²) >= 11 is 0. The molecule has 6 nitrogen and oxygen atoms in total. The molecule has 0 bridgehead atoms.